The van der Waals surface area contributed by atoms with E-state index in [-0.39, 0.29) is 0 Å². The highest BCUT2D eigenvalue weighted by Gasteiger charge is 2.08. The van der Waals surface area contributed by atoms with Crippen LogP contribution in [-0.2, 0) is 6.54 Å². The molecule has 0 aromatic heterocycles. The second-order valence-electron chi connectivity index (χ2n) is 4.32. The minimum atomic E-state index is -0.818. The molecule has 0 saturated heterocycles. The van der Waals surface area contributed by atoms with Crippen LogP contribution in [0.15, 0.2) is 36.4 Å². The molecular weight excluding hydrogens is 232 g/mol. The van der Waals surface area contributed by atoms with Gasteiger partial charge in [-0.05, 0) is 42.8 Å². The van der Waals surface area contributed by atoms with Gasteiger partial charge in [-0.3, -0.25) is 0 Å². The normalized spacial score (nSPS) is 10.7. The summed E-state index contributed by atoms with van der Waals surface area (Å²) in [5.41, 5.74) is 3.79. The van der Waals surface area contributed by atoms with Crippen molar-refractivity contribution in [3.8, 4) is 11.1 Å². The molecule has 0 aliphatic rings. The van der Waals surface area contributed by atoms with Crippen LogP contribution in [0.5, 0.6) is 0 Å². The van der Waals surface area contributed by atoms with Crippen LogP contribution in [0, 0.1) is 18.6 Å². The Morgan fingerprint density at radius 2 is 1.78 bits per heavy atom. The fourth-order valence-electron chi connectivity index (χ4n) is 1.97. The summed E-state index contributed by atoms with van der Waals surface area (Å²) < 4.78 is 26.2. The van der Waals surface area contributed by atoms with Crippen molar-refractivity contribution < 1.29 is 8.78 Å². The molecule has 0 aliphatic heterocycles. The average Bonchev–Trinajstić information content (AvgIpc) is 2.35. The van der Waals surface area contributed by atoms with Gasteiger partial charge in [0.25, 0.3) is 0 Å². The Labute approximate surface area is 105 Å². The molecular formula is C15H15F2N. The molecule has 2 aromatic rings. The summed E-state index contributed by atoms with van der Waals surface area (Å²) >= 11 is 0. The maximum atomic E-state index is 13.3. The number of benzene rings is 2. The third-order valence-corrected chi connectivity index (χ3v) is 2.86. The Bertz CT molecular complexity index is 564. The van der Waals surface area contributed by atoms with Crippen molar-refractivity contribution in [3.63, 3.8) is 0 Å². The van der Waals surface area contributed by atoms with Gasteiger partial charge in [-0.2, -0.15) is 0 Å². The summed E-state index contributed by atoms with van der Waals surface area (Å²) in [4.78, 5) is 0. The van der Waals surface area contributed by atoms with Crippen LogP contribution in [0.1, 0.15) is 11.1 Å². The highest BCUT2D eigenvalue weighted by molar-refractivity contribution is 5.68. The summed E-state index contributed by atoms with van der Waals surface area (Å²) in [5.74, 6) is -1.63. The fraction of sp³-hybridized carbons (Fsp3) is 0.200. The van der Waals surface area contributed by atoms with E-state index in [0.29, 0.717) is 12.1 Å². The molecule has 0 unspecified atom stereocenters. The second kappa shape index (κ2) is 5.27. The van der Waals surface area contributed by atoms with Crippen LogP contribution in [0.25, 0.3) is 11.1 Å². The van der Waals surface area contributed by atoms with Crippen molar-refractivity contribution in [2.45, 2.75) is 13.5 Å². The predicted molar refractivity (Wildman–Crippen MR) is 69.3 cm³/mol. The van der Waals surface area contributed by atoms with Gasteiger partial charge in [-0.15, -0.1) is 0 Å². The van der Waals surface area contributed by atoms with Crippen LogP contribution in [-0.4, -0.2) is 7.05 Å². The summed E-state index contributed by atoms with van der Waals surface area (Å²) in [6.07, 6.45) is 0. The van der Waals surface area contributed by atoms with Crippen molar-refractivity contribution in [2.24, 2.45) is 0 Å². The van der Waals surface area contributed by atoms with Gasteiger partial charge in [0.2, 0.25) is 0 Å². The topological polar surface area (TPSA) is 12.0 Å². The van der Waals surface area contributed by atoms with Gasteiger partial charge < -0.3 is 5.32 Å². The molecule has 0 radical (unpaired) electrons. The van der Waals surface area contributed by atoms with Gasteiger partial charge in [-0.25, -0.2) is 8.78 Å². The van der Waals surface area contributed by atoms with Crippen LogP contribution in [0.4, 0.5) is 8.78 Å². The molecule has 18 heavy (non-hydrogen) atoms. The van der Waals surface area contributed by atoms with E-state index in [1.54, 1.807) is 6.07 Å². The first kappa shape index (κ1) is 12.7. The number of hydrogen-bond donors (Lipinski definition) is 1. The van der Waals surface area contributed by atoms with Crippen LogP contribution >= 0.6 is 0 Å². The number of aryl methyl sites for hydroxylation is 1. The van der Waals surface area contributed by atoms with Gasteiger partial charge in [0.1, 0.15) is 0 Å². The Morgan fingerprint density at radius 1 is 1.00 bits per heavy atom. The summed E-state index contributed by atoms with van der Waals surface area (Å²) in [6, 6.07) is 10.0. The fourth-order valence-corrected chi connectivity index (χ4v) is 1.97. The average molecular weight is 247 g/mol. The third-order valence-electron chi connectivity index (χ3n) is 2.86. The molecule has 1 nitrogen and oxygen atoms in total. The molecule has 0 amide bonds. The first-order valence-corrected chi connectivity index (χ1v) is 5.81. The van der Waals surface area contributed by atoms with Gasteiger partial charge in [0.05, 0.1) is 0 Å². The molecule has 1 N–H and O–H groups in total. The van der Waals surface area contributed by atoms with E-state index in [9.17, 15) is 8.78 Å². The minimum absolute atomic E-state index is 0.689. The lowest BCUT2D eigenvalue weighted by molar-refractivity contribution is 0.509. The third kappa shape index (κ3) is 2.57. The number of hydrogen-bond acceptors (Lipinski definition) is 1. The van der Waals surface area contributed by atoms with Crippen LogP contribution < -0.4 is 5.32 Å². The Morgan fingerprint density at radius 3 is 2.44 bits per heavy atom. The first-order chi connectivity index (χ1) is 8.61. The zero-order valence-corrected chi connectivity index (χ0v) is 10.4. The van der Waals surface area contributed by atoms with Gasteiger partial charge >= 0.3 is 0 Å². The Hall–Kier alpha value is -1.74. The van der Waals surface area contributed by atoms with E-state index in [4.69, 9.17) is 0 Å². The predicted octanol–water partition coefficient (Wildman–Crippen LogP) is 3.66. The molecule has 0 atom stereocenters. The largest absolute Gasteiger partial charge is 0.316 e. The standard InChI is InChI=1S/C15H15F2N/c1-10-3-4-12(9-18-2)13(7-10)11-5-6-14(16)15(17)8-11/h3-8,18H,9H2,1-2H3. The SMILES string of the molecule is CNCc1ccc(C)cc1-c1ccc(F)c(F)c1. The van der Waals surface area contributed by atoms with Crippen LogP contribution in [0.3, 0.4) is 0 Å². The molecule has 0 fully saturated rings. The molecule has 0 heterocycles. The molecule has 3 heteroatoms. The van der Waals surface area contributed by atoms with E-state index in [1.165, 1.54) is 6.07 Å². The van der Waals surface area contributed by atoms with Crippen molar-refractivity contribution in [3.05, 3.63) is 59.2 Å². The maximum absolute atomic E-state index is 13.3. The number of rotatable bonds is 3. The number of nitrogens with one attached hydrogen (secondary N) is 1. The minimum Gasteiger partial charge on any atom is -0.316 e. The lowest BCUT2D eigenvalue weighted by Gasteiger charge is -2.11. The van der Waals surface area contributed by atoms with E-state index in [0.717, 1.165) is 22.8 Å². The summed E-state index contributed by atoms with van der Waals surface area (Å²) in [7, 11) is 1.86. The maximum Gasteiger partial charge on any atom is 0.159 e. The van der Waals surface area contributed by atoms with E-state index < -0.39 is 11.6 Å². The zero-order valence-electron chi connectivity index (χ0n) is 10.4. The highest BCUT2D eigenvalue weighted by atomic mass is 19.2. The second-order valence-corrected chi connectivity index (χ2v) is 4.32. The van der Waals surface area contributed by atoms with E-state index in [1.807, 2.05) is 32.2 Å². The molecule has 0 aliphatic carbocycles. The quantitative estimate of drug-likeness (QED) is 0.872. The monoisotopic (exact) mass is 247 g/mol. The highest BCUT2D eigenvalue weighted by Crippen LogP contribution is 2.26. The Kier molecular flexibility index (Phi) is 3.72. The van der Waals surface area contributed by atoms with Crippen LogP contribution in [0.2, 0.25) is 0 Å². The van der Waals surface area contributed by atoms with Crippen molar-refractivity contribution in [2.75, 3.05) is 7.05 Å². The summed E-state index contributed by atoms with van der Waals surface area (Å²) in [6.45, 7) is 2.67. The number of halogens is 2. The van der Waals surface area contributed by atoms with Crippen molar-refractivity contribution in [1.82, 2.24) is 5.32 Å². The molecule has 0 saturated carbocycles. The first-order valence-electron chi connectivity index (χ1n) is 5.81. The van der Waals surface area contributed by atoms with Crippen molar-refractivity contribution in [1.29, 1.82) is 0 Å². The Balaban J connectivity index is 2.54. The van der Waals surface area contributed by atoms with E-state index >= 15 is 0 Å². The lowest BCUT2D eigenvalue weighted by Crippen LogP contribution is -2.06. The molecule has 2 aromatic carbocycles. The summed E-state index contributed by atoms with van der Waals surface area (Å²) in [5, 5.41) is 3.07. The zero-order chi connectivity index (χ0) is 13.1. The smallest absolute Gasteiger partial charge is 0.159 e. The van der Waals surface area contributed by atoms with Gasteiger partial charge in [-0.1, -0.05) is 29.8 Å². The van der Waals surface area contributed by atoms with Crippen molar-refractivity contribution >= 4 is 0 Å². The van der Waals surface area contributed by atoms with Gasteiger partial charge in [0.15, 0.2) is 11.6 Å². The molecule has 94 valence electrons. The molecule has 0 bridgehead atoms. The lowest BCUT2D eigenvalue weighted by atomic mass is 9.97. The van der Waals surface area contributed by atoms with E-state index in [2.05, 4.69) is 5.32 Å². The molecule has 2 rings (SSSR count). The molecule has 0 spiro atoms. The van der Waals surface area contributed by atoms with Gasteiger partial charge in [0, 0.05) is 6.54 Å².